The maximum absolute atomic E-state index is 12.9. The second-order valence-corrected chi connectivity index (χ2v) is 6.02. The van der Waals surface area contributed by atoms with Crippen LogP contribution in [0.15, 0.2) is 65.1 Å². The van der Waals surface area contributed by atoms with Gasteiger partial charge in [0, 0.05) is 17.8 Å². The molecular formula is C21H19FN2O5. The first-order valence-corrected chi connectivity index (χ1v) is 8.83. The fourth-order valence-corrected chi connectivity index (χ4v) is 2.47. The predicted molar refractivity (Wildman–Crippen MR) is 103 cm³/mol. The molecule has 0 fully saturated rings. The Morgan fingerprint density at radius 3 is 2.59 bits per heavy atom. The lowest BCUT2D eigenvalue weighted by atomic mass is 10.2. The van der Waals surface area contributed by atoms with E-state index in [4.69, 9.17) is 14.3 Å². The molecule has 29 heavy (non-hydrogen) atoms. The Bertz CT molecular complexity index is 985. The van der Waals surface area contributed by atoms with Crippen molar-refractivity contribution in [2.45, 2.75) is 6.61 Å². The summed E-state index contributed by atoms with van der Waals surface area (Å²) in [5.74, 6) is -0.205. The molecule has 0 aliphatic heterocycles. The zero-order chi connectivity index (χ0) is 20.6. The highest BCUT2D eigenvalue weighted by Gasteiger charge is 2.13. The summed E-state index contributed by atoms with van der Waals surface area (Å²) in [6.07, 6.45) is 0. The number of ether oxygens (including phenoxy) is 1. The van der Waals surface area contributed by atoms with Gasteiger partial charge in [-0.15, -0.1) is 0 Å². The Morgan fingerprint density at radius 2 is 1.83 bits per heavy atom. The predicted octanol–water partition coefficient (Wildman–Crippen LogP) is 2.97. The number of carbonyl (C=O) groups is 2. The van der Waals surface area contributed by atoms with Gasteiger partial charge >= 0.3 is 0 Å². The topological polar surface area (TPSA) is 101 Å². The number of benzene rings is 2. The summed E-state index contributed by atoms with van der Waals surface area (Å²) >= 11 is 0. The second-order valence-electron chi connectivity index (χ2n) is 6.02. The Morgan fingerprint density at radius 1 is 1.03 bits per heavy atom. The SMILES string of the molecule is O=C(NCCO)c1cccc(NC(=O)c2ccc(COc3ccc(F)cc3)o2)c1. The van der Waals surface area contributed by atoms with Gasteiger partial charge in [0.25, 0.3) is 11.8 Å². The first-order chi connectivity index (χ1) is 14.0. The number of nitrogens with one attached hydrogen (secondary N) is 2. The highest BCUT2D eigenvalue weighted by atomic mass is 19.1. The van der Waals surface area contributed by atoms with Gasteiger partial charge in [-0.1, -0.05) is 6.07 Å². The number of amides is 2. The van der Waals surface area contributed by atoms with Crippen molar-refractivity contribution in [1.82, 2.24) is 5.32 Å². The van der Waals surface area contributed by atoms with Crippen LogP contribution in [0.4, 0.5) is 10.1 Å². The summed E-state index contributed by atoms with van der Waals surface area (Å²) in [7, 11) is 0. The molecule has 3 N–H and O–H groups in total. The van der Waals surface area contributed by atoms with Gasteiger partial charge in [0.05, 0.1) is 6.61 Å². The van der Waals surface area contributed by atoms with Gasteiger partial charge in [0.15, 0.2) is 5.76 Å². The van der Waals surface area contributed by atoms with E-state index in [1.807, 2.05) is 0 Å². The molecule has 0 bridgehead atoms. The molecular weight excluding hydrogens is 379 g/mol. The first-order valence-electron chi connectivity index (χ1n) is 8.83. The van der Waals surface area contributed by atoms with E-state index >= 15 is 0 Å². The van der Waals surface area contributed by atoms with Crippen LogP contribution in [0.1, 0.15) is 26.7 Å². The van der Waals surface area contributed by atoms with Crippen molar-refractivity contribution in [2.75, 3.05) is 18.5 Å². The Labute approximate surface area is 166 Å². The van der Waals surface area contributed by atoms with Crippen LogP contribution in [0.2, 0.25) is 0 Å². The molecule has 3 rings (SSSR count). The number of halogens is 1. The maximum Gasteiger partial charge on any atom is 0.291 e. The van der Waals surface area contributed by atoms with Crippen LogP contribution in [-0.2, 0) is 6.61 Å². The molecule has 2 amide bonds. The van der Waals surface area contributed by atoms with Crippen molar-refractivity contribution in [1.29, 1.82) is 0 Å². The summed E-state index contributed by atoms with van der Waals surface area (Å²) in [4.78, 5) is 24.3. The van der Waals surface area contributed by atoms with Gasteiger partial charge in [0.1, 0.15) is 23.9 Å². The monoisotopic (exact) mass is 398 g/mol. The minimum absolute atomic E-state index is 0.0813. The Hall–Kier alpha value is -3.65. The molecule has 7 nitrogen and oxygen atoms in total. The first kappa shape index (κ1) is 20.1. The molecule has 0 atom stereocenters. The number of hydrogen-bond acceptors (Lipinski definition) is 5. The van der Waals surface area contributed by atoms with Crippen LogP contribution in [0.3, 0.4) is 0 Å². The van der Waals surface area contributed by atoms with E-state index < -0.39 is 5.91 Å². The van der Waals surface area contributed by atoms with E-state index in [9.17, 15) is 14.0 Å². The molecule has 1 aromatic heterocycles. The van der Waals surface area contributed by atoms with Crippen LogP contribution in [0.25, 0.3) is 0 Å². The third-order valence-corrected chi connectivity index (χ3v) is 3.86. The molecule has 0 saturated carbocycles. The number of anilines is 1. The normalized spacial score (nSPS) is 10.4. The van der Waals surface area contributed by atoms with E-state index in [0.29, 0.717) is 22.8 Å². The lowest BCUT2D eigenvalue weighted by Gasteiger charge is -2.07. The number of hydrogen-bond donors (Lipinski definition) is 3. The van der Waals surface area contributed by atoms with Crippen molar-refractivity contribution in [3.63, 3.8) is 0 Å². The van der Waals surface area contributed by atoms with Crippen LogP contribution in [0.5, 0.6) is 5.75 Å². The van der Waals surface area contributed by atoms with E-state index in [2.05, 4.69) is 10.6 Å². The fraction of sp³-hybridized carbons (Fsp3) is 0.143. The highest BCUT2D eigenvalue weighted by Crippen LogP contribution is 2.17. The van der Waals surface area contributed by atoms with Crippen LogP contribution < -0.4 is 15.4 Å². The van der Waals surface area contributed by atoms with Crippen molar-refractivity contribution < 1.29 is 28.2 Å². The molecule has 3 aromatic rings. The van der Waals surface area contributed by atoms with Crippen molar-refractivity contribution in [2.24, 2.45) is 0 Å². The minimum atomic E-state index is -0.481. The quantitative estimate of drug-likeness (QED) is 0.542. The molecule has 8 heteroatoms. The third kappa shape index (κ3) is 5.66. The Balaban J connectivity index is 1.58. The van der Waals surface area contributed by atoms with Crippen LogP contribution in [-0.4, -0.2) is 30.1 Å². The zero-order valence-electron chi connectivity index (χ0n) is 15.4. The summed E-state index contributed by atoms with van der Waals surface area (Å²) in [5, 5.41) is 14.0. The van der Waals surface area contributed by atoms with Gasteiger partial charge in [-0.25, -0.2) is 4.39 Å². The van der Waals surface area contributed by atoms with Crippen LogP contribution in [0, 0.1) is 5.82 Å². The van der Waals surface area contributed by atoms with Crippen molar-refractivity contribution in [3.8, 4) is 5.75 Å². The van der Waals surface area contributed by atoms with Gasteiger partial charge in [-0.2, -0.15) is 0 Å². The average molecular weight is 398 g/mol. The zero-order valence-corrected chi connectivity index (χ0v) is 15.4. The number of aliphatic hydroxyl groups is 1. The van der Waals surface area contributed by atoms with E-state index in [1.165, 1.54) is 36.4 Å². The van der Waals surface area contributed by atoms with E-state index in [0.717, 1.165) is 0 Å². The van der Waals surface area contributed by atoms with E-state index in [1.54, 1.807) is 24.3 Å². The lowest BCUT2D eigenvalue weighted by Crippen LogP contribution is -2.26. The van der Waals surface area contributed by atoms with Crippen molar-refractivity contribution >= 4 is 17.5 Å². The van der Waals surface area contributed by atoms with Gasteiger partial charge in [-0.3, -0.25) is 9.59 Å². The Kier molecular flexibility index (Phi) is 6.59. The molecule has 0 radical (unpaired) electrons. The molecule has 150 valence electrons. The second kappa shape index (κ2) is 9.52. The molecule has 1 heterocycles. The van der Waals surface area contributed by atoms with E-state index in [-0.39, 0.29) is 37.2 Å². The van der Waals surface area contributed by atoms with Gasteiger partial charge in [-0.05, 0) is 54.6 Å². The molecule has 0 saturated heterocycles. The number of aliphatic hydroxyl groups excluding tert-OH is 1. The number of rotatable bonds is 8. The number of furan rings is 1. The van der Waals surface area contributed by atoms with Gasteiger partial charge in [0.2, 0.25) is 0 Å². The standard InChI is InChI=1S/C21H19FN2O5/c22-15-4-6-17(7-5-15)28-13-18-8-9-19(29-18)21(27)24-16-3-1-2-14(12-16)20(26)23-10-11-25/h1-9,12,25H,10-11,13H2,(H,23,26)(H,24,27). The fourth-order valence-electron chi connectivity index (χ4n) is 2.47. The summed E-state index contributed by atoms with van der Waals surface area (Å²) in [6.45, 7) is 0.0673. The van der Waals surface area contributed by atoms with Crippen LogP contribution >= 0.6 is 0 Å². The molecule has 0 aliphatic rings. The maximum atomic E-state index is 12.9. The summed E-state index contributed by atoms with van der Waals surface area (Å²) in [5.41, 5.74) is 0.774. The largest absolute Gasteiger partial charge is 0.486 e. The lowest BCUT2D eigenvalue weighted by molar-refractivity contribution is 0.0943. The van der Waals surface area contributed by atoms with Crippen molar-refractivity contribution in [3.05, 3.63) is 83.6 Å². The number of carbonyl (C=O) groups excluding carboxylic acids is 2. The minimum Gasteiger partial charge on any atom is -0.486 e. The molecule has 0 unspecified atom stereocenters. The molecule has 2 aromatic carbocycles. The molecule has 0 spiro atoms. The van der Waals surface area contributed by atoms with Gasteiger partial charge < -0.3 is 24.9 Å². The molecule has 0 aliphatic carbocycles. The third-order valence-electron chi connectivity index (χ3n) is 3.86. The highest BCUT2D eigenvalue weighted by molar-refractivity contribution is 6.03. The summed E-state index contributed by atoms with van der Waals surface area (Å²) < 4.78 is 23.8. The summed E-state index contributed by atoms with van der Waals surface area (Å²) in [6, 6.07) is 15.1. The average Bonchev–Trinajstić information content (AvgIpc) is 3.21. The smallest absolute Gasteiger partial charge is 0.291 e.